The Morgan fingerprint density at radius 3 is 2.85 bits per heavy atom. The first-order valence-electron chi connectivity index (χ1n) is 7.98. The third kappa shape index (κ3) is 5.04. The normalized spacial score (nSPS) is 29.9. The van der Waals surface area contributed by atoms with Crippen LogP contribution in [0.25, 0.3) is 0 Å². The fourth-order valence-corrected chi connectivity index (χ4v) is 3.17. The van der Waals surface area contributed by atoms with Gasteiger partial charge in [-0.05, 0) is 25.2 Å². The van der Waals surface area contributed by atoms with E-state index in [1.54, 1.807) is 0 Å². The van der Waals surface area contributed by atoms with E-state index in [2.05, 4.69) is 17.1 Å². The van der Waals surface area contributed by atoms with Gasteiger partial charge in [-0.15, -0.1) is 0 Å². The van der Waals surface area contributed by atoms with Crippen molar-refractivity contribution < 1.29 is 9.53 Å². The molecule has 0 bridgehead atoms. The van der Waals surface area contributed by atoms with Crippen LogP contribution >= 0.6 is 0 Å². The van der Waals surface area contributed by atoms with Crippen molar-refractivity contribution in [2.45, 2.75) is 38.6 Å². The highest BCUT2D eigenvalue weighted by Gasteiger charge is 2.25. The van der Waals surface area contributed by atoms with Crippen LogP contribution in [0.4, 0.5) is 0 Å². The van der Waals surface area contributed by atoms with Gasteiger partial charge < -0.3 is 15.8 Å². The van der Waals surface area contributed by atoms with Gasteiger partial charge in [0.15, 0.2) is 0 Å². The van der Waals surface area contributed by atoms with Crippen molar-refractivity contribution in [1.29, 1.82) is 0 Å². The first-order chi connectivity index (χ1) is 9.65. The number of ether oxygens (including phenoxy) is 1. The molecule has 0 spiro atoms. The molecule has 0 aromatic carbocycles. The molecule has 0 aromatic rings. The van der Waals surface area contributed by atoms with Crippen LogP contribution in [0.5, 0.6) is 0 Å². The van der Waals surface area contributed by atoms with Crippen molar-refractivity contribution in [2.24, 2.45) is 17.6 Å². The predicted molar refractivity (Wildman–Crippen MR) is 79.4 cm³/mol. The number of nitrogens with zero attached hydrogens (tertiary/aromatic N) is 1. The summed E-state index contributed by atoms with van der Waals surface area (Å²) in [5.74, 6) is 0.817. The number of amides is 1. The molecule has 5 heteroatoms. The predicted octanol–water partition coefficient (Wildman–Crippen LogP) is 0.588. The summed E-state index contributed by atoms with van der Waals surface area (Å²) >= 11 is 0. The summed E-state index contributed by atoms with van der Waals surface area (Å²) in [6.07, 6.45) is 4.00. The first kappa shape index (κ1) is 15.7. The fourth-order valence-electron chi connectivity index (χ4n) is 3.17. The van der Waals surface area contributed by atoms with E-state index in [0.29, 0.717) is 5.92 Å². The summed E-state index contributed by atoms with van der Waals surface area (Å²) < 4.78 is 5.35. The highest BCUT2D eigenvalue weighted by atomic mass is 16.5. The Balaban J connectivity index is 1.64. The molecule has 1 aliphatic carbocycles. The van der Waals surface area contributed by atoms with E-state index in [1.807, 2.05) is 0 Å². The Labute approximate surface area is 122 Å². The van der Waals surface area contributed by atoms with Crippen LogP contribution in [0.1, 0.15) is 32.6 Å². The van der Waals surface area contributed by atoms with E-state index >= 15 is 0 Å². The van der Waals surface area contributed by atoms with Crippen LogP contribution in [0.3, 0.4) is 0 Å². The second kappa shape index (κ2) is 7.96. The topological polar surface area (TPSA) is 67.6 Å². The molecular weight excluding hydrogens is 254 g/mol. The summed E-state index contributed by atoms with van der Waals surface area (Å²) in [5, 5.41) is 3.11. The molecular formula is C15H29N3O2. The largest absolute Gasteiger partial charge is 0.379 e. The molecule has 2 rings (SSSR count). The molecule has 0 radical (unpaired) electrons. The van der Waals surface area contributed by atoms with E-state index in [0.717, 1.165) is 65.1 Å². The molecule has 2 fully saturated rings. The molecule has 116 valence electrons. The maximum atomic E-state index is 12.1. The van der Waals surface area contributed by atoms with Gasteiger partial charge in [0.2, 0.25) is 5.91 Å². The lowest BCUT2D eigenvalue weighted by Gasteiger charge is -2.30. The number of nitrogens with one attached hydrogen (secondary N) is 1. The SMILES string of the molecule is CC(CNC(=O)C1CCCC(N)C1)CN1CCOCC1. The van der Waals surface area contributed by atoms with Gasteiger partial charge in [0, 0.05) is 38.1 Å². The van der Waals surface area contributed by atoms with Crippen LogP contribution in [-0.2, 0) is 9.53 Å². The smallest absolute Gasteiger partial charge is 0.223 e. The maximum absolute atomic E-state index is 12.1. The Morgan fingerprint density at radius 1 is 1.40 bits per heavy atom. The molecule has 2 aliphatic rings. The third-order valence-electron chi connectivity index (χ3n) is 4.38. The molecule has 0 aromatic heterocycles. The van der Waals surface area contributed by atoms with Gasteiger partial charge >= 0.3 is 0 Å². The van der Waals surface area contributed by atoms with Gasteiger partial charge in [0.1, 0.15) is 0 Å². The lowest BCUT2D eigenvalue weighted by Crippen LogP contribution is -2.43. The minimum atomic E-state index is 0.134. The average molecular weight is 283 g/mol. The molecule has 1 aliphatic heterocycles. The number of hydrogen-bond donors (Lipinski definition) is 2. The zero-order valence-corrected chi connectivity index (χ0v) is 12.6. The maximum Gasteiger partial charge on any atom is 0.223 e. The van der Waals surface area contributed by atoms with Gasteiger partial charge in [-0.2, -0.15) is 0 Å². The number of morpholine rings is 1. The number of hydrogen-bond acceptors (Lipinski definition) is 4. The molecule has 1 amide bonds. The first-order valence-corrected chi connectivity index (χ1v) is 7.98. The van der Waals surface area contributed by atoms with Crippen LogP contribution in [-0.4, -0.2) is 56.2 Å². The Kier molecular flexibility index (Phi) is 6.26. The van der Waals surface area contributed by atoms with E-state index in [-0.39, 0.29) is 17.9 Å². The second-order valence-corrected chi connectivity index (χ2v) is 6.39. The van der Waals surface area contributed by atoms with E-state index in [4.69, 9.17) is 10.5 Å². The highest BCUT2D eigenvalue weighted by molar-refractivity contribution is 5.78. The van der Waals surface area contributed by atoms with Crippen molar-refractivity contribution in [1.82, 2.24) is 10.2 Å². The molecule has 1 heterocycles. The zero-order valence-electron chi connectivity index (χ0n) is 12.6. The van der Waals surface area contributed by atoms with Crippen molar-refractivity contribution in [2.75, 3.05) is 39.4 Å². The van der Waals surface area contributed by atoms with Crippen molar-refractivity contribution in [3.8, 4) is 0 Å². The number of carbonyl (C=O) groups excluding carboxylic acids is 1. The minimum absolute atomic E-state index is 0.134. The Hall–Kier alpha value is -0.650. The van der Waals surface area contributed by atoms with Crippen LogP contribution < -0.4 is 11.1 Å². The lowest BCUT2D eigenvalue weighted by atomic mass is 9.85. The monoisotopic (exact) mass is 283 g/mol. The van der Waals surface area contributed by atoms with Gasteiger partial charge in [-0.3, -0.25) is 9.69 Å². The molecule has 3 N–H and O–H groups in total. The molecule has 3 unspecified atom stereocenters. The van der Waals surface area contributed by atoms with E-state index < -0.39 is 0 Å². The quantitative estimate of drug-likeness (QED) is 0.775. The number of carbonyl (C=O) groups is 1. The fraction of sp³-hybridized carbons (Fsp3) is 0.933. The minimum Gasteiger partial charge on any atom is -0.379 e. The summed E-state index contributed by atoms with van der Waals surface area (Å²) in [5.41, 5.74) is 5.94. The number of rotatable bonds is 5. The summed E-state index contributed by atoms with van der Waals surface area (Å²) in [4.78, 5) is 14.6. The van der Waals surface area contributed by atoms with Gasteiger partial charge in [0.25, 0.3) is 0 Å². The second-order valence-electron chi connectivity index (χ2n) is 6.39. The Morgan fingerprint density at radius 2 is 2.15 bits per heavy atom. The molecule has 1 saturated heterocycles. The van der Waals surface area contributed by atoms with E-state index in [9.17, 15) is 4.79 Å². The van der Waals surface area contributed by atoms with Crippen molar-refractivity contribution in [3.05, 3.63) is 0 Å². The van der Waals surface area contributed by atoms with Crippen LogP contribution in [0.2, 0.25) is 0 Å². The molecule has 3 atom stereocenters. The number of nitrogens with two attached hydrogens (primary N) is 1. The third-order valence-corrected chi connectivity index (χ3v) is 4.38. The van der Waals surface area contributed by atoms with Crippen molar-refractivity contribution in [3.63, 3.8) is 0 Å². The lowest BCUT2D eigenvalue weighted by molar-refractivity contribution is -0.126. The van der Waals surface area contributed by atoms with Gasteiger partial charge in [-0.25, -0.2) is 0 Å². The van der Waals surface area contributed by atoms with Crippen LogP contribution in [0.15, 0.2) is 0 Å². The summed E-state index contributed by atoms with van der Waals surface area (Å²) in [7, 11) is 0. The summed E-state index contributed by atoms with van der Waals surface area (Å²) in [6.45, 7) is 7.68. The van der Waals surface area contributed by atoms with Crippen LogP contribution in [0, 0.1) is 11.8 Å². The summed E-state index contributed by atoms with van der Waals surface area (Å²) in [6, 6.07) is 0.213. The Bertz CT molecular complexity index is 305. The van der Waals surface area contributed by atoms with Gasteiger partial charge in [-0.1, -0.05) is 13.3 Å². The average Bonchev–Trinajstić information content (AvgIpc) is 2.46. The van der Waals surface area contributed by atoms with Gasteiger partial charge in [0.05, 0.1) is 13.2 Å². The van der Waals surface area contributed by atoms with E-state index in [1.165, 1.54) is 0 Å². The molecule has 20 heavy (non-hydrogen) atoms. The zero-order chi connectivity index (χ0) is 14.4. The molecule has 5 nitrogen and oxygen atoms in total. The highest BCUT2D eigenvalue weighted by Crippen LogP contribution is 2.23. The standard InChI is InChI=1S/C15H29N3O2/c1-12(11-18-5-7-20-8-6-18)10-17-15(19)13-3-2-4-14(16)9-13/h12-14H,2-11,16H2,1H3,(H,17,19). The molecule has 1 saturated carbocycles. The van der Waals surface area contributed by atoms with Crippen molar-refractivity contribution >= 4 is 5.91 Å².